The highest BCUT2D eigenvalue weighted by molar-refractivity contribution is 5.84. The molecule has 0 spiro atoms. The maximum atomic E-state index is 4.14. The molecule has 2 heterocycles. The Morgan fingerprint density at radius 3 is 3.00 bits per heavy atom. The van der Waals surface area contributed by atoms with Gasteiger partial charge in [-0.05, 0) is 17.0 Å². The van der Waals surface area contributed by atoms with Crippen LogP contribution in [0.15, 0.2) is 49.1 Å². The van der Waals surface area contributed by atoms with Gasteiger partial charge in [0, 0.05) is 42.6 Å². The van der Waals surface area contributed by atoms with Crippen LogP contribution >= 0.6 is 0 Å². The standard InChI is InChI=1S/C14H14N4/c1-2-12-9-15-5-4-14(12)13(3-1)10-16-6-11-7-17-18-8-11/h1-5,7-9,16H,6,10H2,(H,17,18). The van der Waals surface area contributed by atoms with E-state index in [-0.39, 0.29) is 0 Å². The van der Waals surface area contributed by atoms with E-state index in [0.717, 1.165) is 18.7 Å². The van der Waals surface area contributed by atoms with E-state index >= 15 is 0 Å². The molecule has 0 saturated heterocycles. The average Bonchev–Trinajstić information content (AvgIpc) is 2.92. The van der Waals surface area contributed by atoms with Crippen molar-refractivity contribution in [3.8, 4) is 0 Å². The molecule has 3 aromatic rings. The van der Waals surface area contributed by atoms with Crippen LogP contribution in [0.2, 0.25) is 0 Å². The average molecular weight is 238 g/mol. The monoisotopic (exact) mass is 238 g/mol. The van der Waals surface area contributed by atoms with Crippen molar-refractivity contribution in [3.05, 3.63) is 60.2 Å². The summed E-state index contributed by atoms with van der Waals surface area (Å²) in [5.41, 5.74) is 2.45. The van der Waals surface area contributed by atoms with Gasteiger partial charge in [0.25, 0.3) is 0 Å². The van der Waals surface area contributed by atoms with Gasteiger partial charge < -0.3 is 5.32 Å². The Bertz CT molecular complexity index is 626. The van der Waals surface area contributed by atoms with E-state index in [1.165, 1.54) is 16.3 Å². The zero-order valence-corrected chi connectivity index (χ0v) is 9.93. The number of aromatic amines is 1. The minimum absolute atomic E-state index is 0.817. The Morgan fingerprint density at radius 2 is 2.11 bits per heavy atom. The Labute approximate surface area is 105 Å². The van der Waals surface area contributed by atoms with Gasteiger partial charge >= 0.3 is 0 Å². The molecule has 0 radical (unpaired) electrons. The van der Waals surface area contributed by atoms with Crippen LogP contribution < -0.4 is 5.32 Å². The summed E-state index contributed by atoms with van der Waals surface area (Å²) in [7, 11) is 0. The Hall–Kier alpha value is -2.20. The fraction of sp³-hybridized carbons (Fsp3) is 0.143. The lowest BCUT2D eigenvalue weighted by molar-refractivity contribution is 0.697. The summed E-state index contributed by atoms with van der Waals surface area (Å²) < 4.78 is 0. The Kier molecular flexibility index (Phi) is 3.02. The summed E-state index contributed by atoms with van der Waals surface area (Å²) in [5, 5.41) is 12.6. The summed E-state index contributed by atoms with van der Waals surface area (Å²) in [5.74, 6) is 0. The Balaban J connectivity index is 1.74. The molecule has 2 aromatic heterocycles. The van der Waals surface area contributed by atoms with Crippen molar-refractivity contribution in [2.24, 2.45) is 0 Å². The second-order valence-electron chi connectivity index (χ2n) is 4.22. The molecule has 3 rings (SSSR count). The number of aromatic nitrogens is 3. The van der Waals surface area contributed by atoms with Crippen molar-refractivity contribution >= 4 is 10.8 Å². The van der Waals surface area contributed by atoms with Crippen molar-refractivity contribution in [1.82, 2.24) is 20.5 Å². The van der Waals surface area contributed by atoms with Gasteiger partial charge in [-0.1, -0.05) is 18.2 Å². The van der Waals surface area contributed by atoms with Gasteiger partial charge in [0.2, 0.25) is 0 Å². The summed E-state index contributed by atoms with van der Waals surface area (Å²) in [6, 6.07) is 8.36. The molecule has 0 amide bonds. The number of fused-ring (bicyclic) bond motifs is 1. The summed E-state index contributed by atoms with van der Waals surface area (Å²) in [4.78, 5) is 4.14. The lowest BCUT2D eigenvalue weighted by Crippen LogP contribution is -2.12. The van der Waals surface area contributed by atoms with E-state index in [1.807, 2.05) is 24.8 Å². The molecular weight excluding hydrogens is 224 g/mol. The molecule has 90 valence electrons. The first-order chi connectivity index (χ1) is 8.93. The lowest BCUT2D eigenvalue weighted by atomic mass is 10.1. The van der Waals surface area contributed by atoms with E-state index < -0.39 is 0 Å². The van der Waals surface area contributed by atoms with Crippen LogP contribution in [0.3, 0.4) is 0 Å². The molecule has 0 aliphatic rings. The number of hydrogen-bond donors (Lipinski definition) is 2. The van der Waals surface area contributed by atoms with Crippen molar-refractivity contribution in [3.63, 3.8) is 0 Å². The smallest absolute Gasteiger partial charge is 0.0532 e. The molecule has 0 fully saturated rings. The van der Waals surface area contributed by atoms with E-state index in [9.17, 15) is 0 Å². The van der Waals surface area contributed by atoms with Crippen molar-refractivity contribution in [1.29, 1.82) is 0 Å². The third-order valence-electron chi connectivity index (χ3n) is 2.97. The zero-order valence-electron chi connectivity index (χ0n) is 9.93. The predicted octanol–water partition coefficient (Wildman–Crippen LogP) is 2.25. The van der Waals surface area contributed by atoms with Gasteiger partial charge in [-0.3, -0.25) is 10.1 Å². The molecule has 0 saturated carbocycles. The topological polar surface area (TPSA) is 53.6 Å². The molecule has 0 aliphatic heterocycles. The lowest BCUT2D eigenvalue weighted by Gasteiger charge is -2.07. The molecule has 0 unspecified atom stereocenters. The number of nitrogens with zero attached hydrogens (tertiary/aromatic N) is 2. The van der Waals surface area contributed by atoms with E-state index in [2.05, 4.69) is 44.8 Å². The van der Waals surface area contributed by atoms with Crippen LogP contribution in [0.1, 0.15) is 11.1 Å². The van der Waals surface area contributed by atoms with Crippen molar-refractivity contribution in [2.75, 3.05) is 0 Å². The predicted molar refractivity (Wildman–Crippen MR) is 70.9 cm³/mol. The first-order valence-electron chi connectivity index (χ1n) is 5.93. The van der Waals surface area contributed by atoms with Gasteiger partial charge in [0.15, 0.2) is 0 Å². The number of rotatable bonds is 4. The van der Waals surface area contributed by atoms with E-state index in [1.54, 1.807) is 0 Å². The van der Waals surface area contributed by atoms with Gasteiger partial charge in [0.05, 0.1) is 6.20 Å². The third-order valence-corrected chi connectivity index (χ3v) is 2.97. The minimum atomic E-state index is 0.817. The van der Waals surface area contributed by atoms with Crippen LogP contribution in [0.5, 0.6) is 0 Å². The first-order valence-corrected chi connectivity index (χ1v) is 5.93. The molecule has 0 aliphatic carbocycles. The second-order valence-corrected chi connectivity index (χ2v) is 4.22. The molecule has 4 nitrogen and oxygen atoms in total. The second kappa shape index (κ2) is 4.98. The molecule has 0 bridgehead atoms. The molecule has 1 aromatic carbocycles. The van der Waals surface area contributed by atoms with Crippen LogP contribution in [-0.4, -0.2) is 15.2 Å². The number of hydrogen-bond acceptors (Lipinski definition) is 3. The molecule has 4 heteroatoms. The van der Waals surface area contributed by atoms with Gasteiger partial charge in [-0.15, -0.1) is 0 Å². The molecular formula is C14H14N4. The van der Waals surface area contributed by atoms with Crippen LogP contribution in [0.4, 0.5) is 0 Å². The number of pyridine rings is 1. The van der Waals surface area contributed by atoms with Gasteiger partial charge in [0.1, 0.15) is 0 Å². The molecule has 0 atom stereocenters. The molecule has 18 heavy (non-hydrogen) atoms. The maximum absolute atomic E-state index is 4.14. The highest BCUT2D eigenvalue weighted by Crippen LogP contribution is 2.17. The SMILES string of the molecule is c1cc(CNCc2cn[nH]c2)c2ccncc2c1. The first kappa shape index (κ1) is 10.9. The van der Waals surface area contributed by atoms with Crippen LogP contribution in [-0.2, 0) is 13.1 Å². The van der Waals surface area contributed by atoms with Crippen molar-refractivity contribution in [2.45, 2.75) is 13.1 Å². The fourth-order valence-corrected chi connectivity index (χ4v) is 2.06. The largest absolute Gasteiger partial charge is 0.308 e. The maximum Gasteiger partial charge on any atom is 0.0532 e. The summed E-state index contributed by atoms with van der Waals surface area (Å²) in [6.45, 7) is 1.66. The third kappa shape index (κ3) is 2.24. The number of benzene rings is 1. The zero-order chi connectivity index (χ0) is 12.2. The summed E-state index contributed by atoms with van der Waals surface area (Å²) >= 11 is 0. The van der Waals surface area contributed by atoms with Crippen LogP contribution in [0, 0.1) is 0 Å². The number of nitrogens with one attached hydrogen (secondary N) is 2. The highest BCUT2D eigenvalue weighted by atomic mass is 15.1. The fourth-order valence-electron chi connectivity index (χ4n) is 2.06. The van der Waals surface area contributed by atoms with Gasteiger partial charge in [-0.25, -0.2) is 0 Å². The van der Waals surface area contributed by atoms with E-state index in [4.69, 9.17) is 0 Å². The van der Waals surface area contributed by atoms with Crippen LogP contribution in [0.25, 0.3) is 10.8 Å². The minimum Gasteiger partial charge on any atom is -0.308 e. The Morgan fingerprint density at radius 1 is 1.11 bits per heavy atom. The normalized spacial score (nSPS) is 10.9. The van der Waals surface area contributed by atoms with Gasteiger partial charge in [-0.2, -0.15) is 5.10 Å². The van der Waals surface area contributed by atoms with E-state index in [0.29, 0.717) is 0 Å². The molecule has 2 N–H and O–H groups in total. The summed E-state index contributed by atoms with van der Waals surface area (Å²) in [6.07, 6.45) is 7.47. The van der Waals surface area contributed by atoms with Crippen molar-refractivity contribution < 1.29 is 0 Å². The number of H-pyrrole nitrogens is 1. The quantitative estimate of drug-likeness (QED) is 0.733. The highest BCUT2D eigenvalue weighted by Gasteiger charge is 2.00.